The van der Waals surface area contributed by atoms with Crippen molar-refractivity contribution in [1.29, 1.82) is 0 Å². The minimum Gasteiger partial charge on any atom is -0.279 e. The number of benzene rings is 2. The molecule has 168 valence electrons. The molecule has 1 N–H and O–H groups in total. The molecule has 0 aliphatic carbocycles. The van der Waals surface area contributed by atoms with Gasteiger partial charge in [0.2, 0.25) is 0 Å². The van der Waals surface area contributed by atoms with Crippen LogP contribution in [0.25, 0.3) is 4.85 Å². The lowest BCUT2D eigenvalue weighted by Crippen LogP contribution is -2.29. The number of sulfonamides is 1. The Morgan fingerprint density at radius 1 is 1.00 bits per heavy atom. The first-order valence-electron chi connectivity index (χ1n) is 9.75. The van der Waals surface area contributed by atoms with Crippen LogP contribution in [0.15, 0.2) is 52.7 Å². The smallest absolute Gasteiger partial charge is 0.267 e. The Bertz CT molecular complexity index is 1450. The number of carbonyl (C=O) groups is 2. The quantitative estimate of drug-likeness (QED) is 0.360. The average molecular weight is 500 g/mol. The van der Waals surface area contributed by atoms with Gasteiger partial charge in [0.05, 0.1) is 39.0 Å². The van der Waals surface area contributed by atoms with Gasteiger partial charge in [-0.3, -0.25) is 19.2 Å². The number of carbonyl (C=O) groups excluding carboxylic acids is 2. The van der Waals surface area contributed by atoms with Crippen LogP contribution in [0.5, 0.6) is 0 Å². The van der Waals surface area contributed by atoms with Crippen molar-refractivity contribution in [3.63, 3.8) is 0 Å². The van der Waals surface area contributed by atoms with Gasteiger partial charge in [0, 0.05) is 0 Å². The molecule has 1 aliphatic rings. The van der Waals surface area contributed by atoms with Gasteiger partial charge >= 0.3 is 0 Å². The average Bonchev–Trinajstić information content (AvgIpc) is 3.31. The van der Waals surface area contributed by atoms with Gasteiger partial charge in [0.25, 0.3) is 26.8 Å². The molecule has 1 aromatic heterocycles. The van der Waals surface area contributed by atoms with Gasteiger partial charge in [-0.25, -0.2) is 13.3 Å². The molecule has 7 nitrogen and oxygen atoms in total. The fraction of sp³-hybridized carbons (Fsp3) is 0.174. The summed E-state index contributed by atoms with van der Waals surface area (Å²) in [4.78, 5) is 30.5. The lowest BCUT2D eigenvalue weighted by atomic mass is 9.87. The predicted molar refractivity (Wildman–Crippen MR) is 129 cm³/mol. The minimum atomic E-state index is -4.06. The standard InChI is InChI=1S/C23H18ClN3O4S2/c1-23(2,3)13-5-7-14(8-6-13)33(30,31)26-16-10-9-15(24)18-19(16)22(29)27(21(18)28)17-11-12-32-20(17)25-4/h5-12,26H,1-3H3. The largest absolute Gasteiger partial charge is 0.279 e. The molecular formula is C23H18ClN3O4S2. The molecule has 0 saturated carbocycles. The summed E-state index contributed by atoms with van der Waals surface area (Å²) in [6, 6.07) is 10.7. The Kier molecular flexibility index (Phi) is 5.56. The molecule has 3 aromatic rings. The Hall–Kier alpha value is -3.19. The van der Waals surface area contributed by atoms with Gasteiger partial charge in [-0.15, -0.1) is 0 Å². The molecule has 0 unspecified atom stereocenters. The number of thiophene rings is 1. The Morgan fingerprint density at radius 2 is 1.64 bits per heavy atom. The molecule has 0 fully saturated rings. The van der Waals surface area contributed by atoms with E-state index >= 15 is 0 Å². The Balaban J connectivity index is 1.75. The van der Waals surface area contributed by atoms with E-state index in [0.29, 0.717) is 0 Å². The summed E-state index contributed by atoms with van der Waals surface area (Å²) in [5.41, 5.74) is 0.654. The van der Waals surface area contributed by atoms with Crippen LogP contribution in [-0.4, -0.2) is 20.2 Å². The molecule has 2 amide bonds. The summed E-state index contributed by atoms with van der Waals surface area (Å²) in [7, 11) is -4.06. The second-order valence-electron chi connectivity index (χ2n) is 8.39. The normalized spacial score (nSPS) is 13.7. The van der Waals surface area contributed by atoms with Crippen molar-refractivity contribution in [2.45, 2.75) is 31.1 Å². The van der Waals surface area contributed by atoms with Crippen LogP contribution in [0, 0.1) is 6.57 Å². The maximum absolute atomic E-state index is 13.2. The Labute approximate surface area is 200 Å². The van der Waals surface area contributed by atoms with E-state index < -0.39 is 21.8 Å². The molecule has 0 saturated heterocycles. The van der Waals surface area contributed by atoms with Crippen molar-refractivity contribution in [2.24, 2.45) is 0 Å². The maximum Gasteiger partial charge on any atom is 0.267 e. The van der Waals surface area contributed by atoms with Crippen molar-refractivity contribution in [3.05, 3.63) is 81.0 Å². The van der Waals surface area contributed by atoms with Gasteiger partial charge in [0.15, 0.2) is 0 Å². The van der Waals surface area contributed by atoms with E-state index in [1.165, 1.54) is 30.3 Å². The highest BCUT2D eigenvalue weighted by Crippen LogP contribution is 2.42. The summed E-state index contributed by atoms with van der Waals surface area (Å²) in [6.45, 7) is 13.3. The molecule has 4 rings (SSSR count). The zero-order chi connectivity index (χ0) is 24.1. The highest BCUT2D eigenvalue weighted by atomic mass is 35.5. The Morgan fingerprint density at radius 3 is 2.24 bits per heavy atom. The lowest BCUT2D eigenvalue weighted by molar-refractivity contribution is 0.0926. The monoisotopic (exact) mass is 499 g/mol. The number of fused-ring (bicyclic) bond motifs is 1. The third-order valence-electron chi connectivity index (χ3n) is 5.23. The topological polar surface area (TPSA) is 87.9 Å². The number of imide groups is 1. The van der Waals surface area contributed by atoms with E-state index in [2.05, 4.69) is 9.57 Å². The van der Waals surface area contributed by atoms with Crippen LogP contribution in [0.3, 0.4) is 0 Å². The first-order valence-corrected chi connectivity index (χ1v) is 12.5. The predicted octanol–water partition coefficient (Wildman–Crippen LogP) is 5.85. The van der Waals surface area contributed by atoms with Gasteiger partial charge < -0.3 is 0 Å². The number of rotatable bonds is 4. The van der Waals surface area contributed by atoms with Gasteiger partial charge in [-0.1, -0.05) is 44.5 Å². The highest BCUT2D eigenvalue weighted by molar-refractivity contribution is 7.92. The zero-order valence-corrected chi connectivity index (χ0v) is 20.2. The number of nitrogens with zero attached hydrogens (tertiary/aromatic N) is 2. The van der Waals surface area contributed by atoms with E-state index in [0.717, 1.165) is 21.8 Å². The maximum atomic E-state index is 13.2. The van der Waals surface area contributed by atoms with Crippen LogP contribution in [-0.2, 0) is 15.4 Å². The first kappa shape index (κ1) is 23.0. The van der Waals surface area contributed by atoms with E-state index in [-0.39, 0.29) is 42.8 Å². The number of halogens is 1. The van der Waals surface area contributed by atoms with Crippen LogP contribution >= 0.6 is 22.9 Å². The van der Waals surface area contributed by atoms with Crippen molar-refractivity contribution in [3.8, 4) is 0 Å². The molecule has 0 atom stereocenters. The van der Waals surface area contributed by atoms with Gasteiger partial charge in [-0.05, 0) is 46.7 Å². The summed E-state index contributed by atoms with van der Waals surface area (Å²) >= 11 is 7.31. The minimum absolute atomic E-state index is 0.0148. The number of hydrogen-bond donors (Lipinski definition) is 1. The van der Waals surface area contributed by atoms with Crippen molar-refractivity contribution < 1.29 is 18.0 Å². The van der Waals surface area contributed by atoms with Crippen molar-refractivity contribution >= 4 is 61.2 Å². The highest BCUT2D eigenvalue weighted by Gasteiger charge is 2.42. The molecule has 0 spiro atoms. The van der Waals surface area contributed by atoms with Gasteiger partial charge in [0.1, 0.15) is 0 Å². The zero-order valence-electron chi connectivity index (χ0n) is 17.8. The molecule has 33 heavy (non-hydrogen) atoms. The molecule has 1 aliphatic heterocycles. The van der Waals surface area contributed by atoms with E-state index in [9.17, 15) is 18.0 Å². The van der Waals surface area contributed by atoms with E-state index in [1.54, 1.807) is 17.5 Å². The molecule has 2 aromatic carbocycles. The first-order chi connectivity index (χ1) is 15.5. The SMILES string of the molecule is [C-]#[N+]c1sccc1N1C(=O)c2c(Cl)ccc(NS(=O)(=O)c3ccc(C(C)(C)C)cc3)c2C1=O. The number of hydrogen-bond acceptors (Lipinski definition) is 5. The molecule has 2 heterocycles. The number of anilines is 2. The third kappa shape index (κ3) is 3.91. The second-order valence-corrected chi connectivity index (χ2v) is 11.4. The van der Waals surface area contributed by atoms with Gasteiger partial charge in [-0.2, -0.15) is 11.3 Å². The number of amides is 2. The summed E-state index contributed by atoms with van der Waals surface area (Å²) in [5, 5.41) is 1.78. The van der Waals surface area contributed by atoms with Crippen molar-refractivity contribution in [2.75, 3.05) is 9.62 Å². The summed E-state index contributed by atoms with van der Waals surface area (Å²) < 4.78 is 28.5. The van der Waals surface area contributed by atoms with Crippen LogP contribution < -0.4 is 9.62 Å². The molecule has 0 radical (unpaired) electrons. The lowest BCUT2D eigenvalue weighted by Gasteiger charge is -2.19. The van der Waals surface area contributed by atoms with Crippen LogP contribution in [0.2, 0.25) is 5.02 Å². The summed E-state index contributed by atoms with van der Waals surface area (Å²) in [6.07, 6.45) is 0. The number of nitrogens with one attached hydrogen (secondary N) is 1. The molecule has 10 heteroatoms. The fourth-order valence-electron chi connectivity index (χ4n) is 3.51. The van der Waals surface area contributed by atoms with Crippen LogP contribution in [0.1, 0.15) is 47.1 Å². The van der Waals surface area contributed by atoms with E-state index in [4.69, 9.17) is 18.2 Å². The molecular weight excluding hydrogens is 482 g/mol. The van der Waals surface area contributed by atoms with E-state index in [1.807, 2.05) is 20.8 Å². The second kappa shape index (κ2) is 7.99. The van der Waals surface area contributed by atoms with Crippen LogP contribution in [0.4, 0.5) is 16.4 Å². The summed E-state index contributed by atoms with van der Waals surface area (Å²) in [5.74, 6) is -1.46. The fourth-order valence-corrected chi connectivity index (χ4v) is 5.48. The molecule has 0 bridgehead atoms. The van der Waals surface area contributed by atoms with Crippen molar-refractivity contribution in [1.82, 2.24) is 0 Å². The third-order valence-corrected chi connectivity index (χ3v) is 7.72.